The fourth-order valence-electron chi connectivity index (χ4n) is 3.81. The Morgan fingerprint density at radius 1 is 0.974 bits per heavy atom. The van der Waals surface area contributed by atoms with Crippen LogP contribution in [0.5, 0.6) is 0 Å². The molecule has 1 aromatic carbocycles. The van der Waals surface area contributed by atoms with Crippen LogP contribution >= 0.6 is 11.3 Å². The van der Waals surface area contributed by atoms with E-state index in [1.807, 2.05) is 67.8 Å². The minimum absolute atomic E-state index is 0.108. The quantitative estimate of drug-likeness (QED) is 0.262. The number of carbonyl (C=O) groups is 1. The van der Waals surface area contributed by atoms with Crippen molar-refractivity contribution >= 4 is 44.0 Å². The lowest BCUT2D eigenvalue weighted by molar-refractivity contribution is 0.226. The van der Waals surface area contributed by atoms with Crippen molar-refractivity contribution in [3.05, 3.63) is 84.4 Å². The van der Waals surface area contributed by atoms with Crippen LogP contribution in [-0.4, -0.2) is 40.1 Å². The number of thiazole rings is 1. The molecule has 0 radical (unpaired) electrons. The highest BCUT2D eigenvalue weighted by Gasteiger charge is 2.27. The first-order chi connectivity index (χ1) is 18.5. The molecular formula is C27H26N6O4S2. The van der Waals surface area contributed by atoms with Crippen LogP contribution in [-0.2, 0) is 19.8 Å². The van der Waals surface area contributed by atoms with E-state index in [-0.39, 0.29) is 10.5 Å². The van der Waals surface area contributed by atoms with Gasteiger partial charge < -0.3 is 5.32 Å². The Hall–Kier alpha value is -4.13. The number of imidazole rings is 1. The molecule has 0 aliphatic carbocycles. The lowest BCUT2D eigenvalue weighted by Gasteiger charge is -2.18. The van der Waals surface area contributed by atoms with Crippen molar-refractivity contribution in [2.24, 2.45) is 0 Å². The molecule has 200 valence electrons. The number of hydrogen-bond acceptors (Lipinski definition) is 8. The molecule has 2 amide bonds. The first-order valence-corrected chi connectivity index (χ1v) is 14.6. The number of anilines is 2. The van der Waals surface area contributed by atoms with E-state index in [1.165, 1.54) is 11.3 Å². The zero-order chi connectivity index (χ0) is 27.8. The van der Waals surface area contributed by atoms with Gasteiger partial charge in [-0.2, -0.15) is 8.42 Å². The predicted molar refractivity (Wildman–Crippen MR) is 152 cm³/mol. The van der Waals surface area contributed by atoms with Crippen molar-refractivity contribution in [1.82, 2.24) is 19.4 Å². The van der Waals surface area contributed by atoms with Crippen LogP contribution in [0, 0.1) is 0 Å². The highest BCUT2D eigenvalue weighted by atomic mass is 32.2. The number of carbonyl (C=O) groups excluding carboxylic acids is 1. The van der Waals surface area contributed by atoms with E-state index in [9.17, 15) is 13.2 Å². The van der Waals surface area contributed by atoms with Gasteiger partial charge in [-0.1, -0.05) is 44.2 Å². The number of urea groups is 1. The summed E-state index contributed by atoms with van der Waals surface area (Å²) in [6.07, 6.45) is 9.74. The van der Waals surface area contributed by atoms with E-state index >= 15 is 0 Å². The number of aromatic nitrogens is 4. The molecule has 5 aromatic rings. The number of fused-ring (bicyclic) bond motifs is 1. The second-order valence-corrected chi connectivity index (χ2v) is 12.4. The largest absolute Gasteiger partial charge is 0.353 e. The molecule has 0 spiro atoms. The van der Waals surface area contributed by atoms with Gasteiger partial charge in [0.1, 0.15) is 5.65 Å². The zero-order valence-corrected chi connectivity index (χ0v) is 23.3. The smallest absolute Gasteiger partial charge is 0.306 e. The van der Waals surface area contributed by atoms with Crippen molar-refractivity contribution in [2.75, 3.05) is 16.6 Å². The standard InChI is InChI=1S/C27H26N6O4S2/c1-27(2,3)23-17-30-26(38-23)33(37-39(4,35)36)25(34)31-21-7-5-19(6-8-21)22-16-29-24-15-20(11-14-32(22)24)18-9-12-28-13-10-18/h5-17H,1-4H3,(H,31,34). The number of nitrogens with one attached hydrogen (secondary N) is 1. The van der Waals surface area contributed by atoms with Crippen molar-refractivity contribution in [2.45, 2.75) is 26.2 Å². The number of amides is 2. The molecule has 0 saturated heterocycles. The molecule has 0 aliphatic rings. The molecular weight excluding hydrogens is 536 g/mol. The summed E-state index contributed by atoms with van der Waals surface area (Å²) in [5.74, 6) is 0. The summed E-state index contributed by atoms with van der Waals surface area (Å²) in [5, 5.41) is 3.45. The molecule has 0 atom stereocenters. The summed E-state index contributed by atoms with van der Waals surface area (Å²) in [6.45, 7) is 5.99. The normalized spacial score (nSPS) is 12.0. The minimum Gasteiger partial charge on any atom is -0.306 e. The Morgan fingerprint density at radius 3 is 2.33 bits per heavy atom. The first-order valence-electron chi connectivity index (χ1n) is 11.9. The van der Waals surface area contributed by atoms with Gasteiger partial charge in [-0.25, -0.2) is 14.8 Å². The van der Waals surface area contributed by atoms with Crippen LogP contribution in [0.3, 0.4) is 0 Å². The summed E-state index contributed by atoms with van der Waals surface area (Å²) in [6, 6.07) is 14.3. The van der Waals surface area contributed by atoms with Gasteiger partial charge in [0.25, 0.3) is 10.1 Å². The Labute approximate surface area is 230 Å². The fraction of sp³-hybridized carbons (Fsp3) is 0.185. The summed E-state index contributed by atoms with van der Waals surface area (Å²) in [7, 11) is -3.99. The molecule has 12 heteroatoms. The Morgan fingerprint density at radius 2 is 1.69 bits per heavy atom. The van der Waals surface area contributed by atoms with Crippen molar-refractivity contribution in [3.8, 4) is 22.4 Å². The van der Waals surface area contributed by atoms with Gasteiger partial charge in [0.2, 0.25) is 5.13 Å². The summed E-state index contributed by atoms with van der Waals surface area (Å²) >= 11 is 1.18. The highest BCUT2D eigenvalue weighted by Crippen LogP contribution is 2.33. The van der Waals surface area contributed by atoms with Gasteiger partial charge in [0.15, 0.2) is 0 Å². The number of hydroxylamine groups is 1. The molecule has 5 rings (SSSR count). The van der Waals surface area contributed by atoms with Crippen LogP contribution in [0.4, 0.5) is 15.6 Å². The number of rotatable bonds is 6. The zero-order valence-electron chi connectivity index (χ0n) is 21.7. The van der Waals surface area contributed by atoms with Crippen LogP contribution < -0.4 is 10.4 Å². The summed E-state index contributed by atoms with van der Waals surface area (Å²) in [4.78, 5) is 26.8. The van der Waals surface area contributed by atoms with E-state index in [1.54, 1.807) is 36.9 Å². The maximum atomic E-state index is 13.1. The third-order valence-electron chi connectivity index (χ3n) is 5.76. The minimum atomic E-state index is -3.99. The Bertz CT molecular complexity index is 1740. The summed E-state index contributed by atoms with van der Waals surface area (Å²) < 4.78 is 30.7. The molecule has 4 heterocycles. The van der Waals surface area contributed by atoms with Gasteiger partial charge in [0, 0.05) is 40.9 Å². The lowest BCUT2D eigenvalue weighted by atomic mass is 9.96. The van der Waals surface area contributed by atoms with Gasteiger partial charge in [-0.3, -0.25) is 9.38 Å². The van der Waals surface area contributed by atoms with Gasteiger partial charge in [0.05, 0.1) is 18.1 Å². The maximum absolute atomic E-state index is 13.1. The number of pyridine rings is 2. The molecule has 39 heavy (non-hydrogen) atoms. The molecule has 0 fully saturated rings. The van der Waals surface area contributed by atoms with Crippen LogP contribution in [0.2, 0.25) is 0 Å². The molecule has 0 aliphatic heterocycles. The molecule has 0 unspecified atom stereocenters. The SMILES string of the molecule is CC(C)(C)c1cnc(N(OS(C)(=O)=O)C(=O)Nc2ccc(-c3cnc4cc(-c5ccncc5)ccn34)cc2)s1. The average Bonchev–Trinajstić information content (AvgIpc) is 3.55. The second-order valence-electron chi connectivity index (χ2n) is 9.86. The van der Waals surface area contributed by atoms with E-state index in [0.717, 1.165) is 39.2 Å². The van der Waals surface area contributed by atoms with Crippen LogP contribution in [0.15, 0.2) is 79.5 Å². The van der Waals surface area contributed by atoms with E-state index in [2.05, 4.69) is 20.3 Å². The van der Waals surface area contributed by atoms with Crippen molar-refractivity contribution in [1.29, 1.82) is 0 Å². The molecule has 1 N–H and O–H groups in total. The average molecular weight is 563 g/mol. The Balaban J connectivity index is 1.36. The van der Waals surface area contributed by atoms with Crippen LogP contribution in [0.1, 0.15) is 25.6 Å². The molecule has 4 aromatic heterocycles. The van der Waals surface area contributed by atoms with Gasteiger partial charge in [-0.05, 0) is 52.9 Å². The fourth-order valence-corrected chi connectivity index (χ4v) is 5.18. The van der Waals surface area contributed by atoms with Crippen molar-refractivity contribution < 1.29 is 17.5 Å². The van der Waals surface area contributed by atoms with E-state index < -0.39 is 16.1 Å². The monoisotopic (exact) mass is 562 g/mol. The first kappa shape index (κ1) is 26.5. The van der Waals surface area contributed by atoms with E-state index in [4.69, 9.17) is 4.28 Å². The maximum Gasteiger partial charge on any atom is 0.353 e. The predicted octanol–water partition coefficient (Wildman–Crippen LogP) is 5.75. The van der Waals surface area contributed by atoms with Gasteiger partial charge in [-0.15, -0.1) is 9.35 Å². The molecule has 0 bridgehead atoms. The number of benzene rings is 1. The topological polar surface area (TPSA) is 119 Å². The lowest BCUT2D eigenvalue weighted by Crippen LogP contribution is -2.36. The molecule has 0 saturated carbocycles. The third-order valence-corrected chi connectivity index (χ3v) is 7.57. The summed E-state index contributed by atoms with van der Waals surface area (Å²) in [5.41, 5.74) is 4.88. The number of nitrogens with zero attached hydrogens (tertiary/aromatic N) is 5. The highest BCUT2D eigenvalue weighted by molar-refractivity contribution is 7.86. The van der Waals surface area contributed by atoms with Crippen molar-refractivity contribution in [3.63, 3.8) is 0 Å². The van der Waals surface area contributed by atoms with Crippen LogP contribution in [0.25, 0.3) is 28.0 Å². The number of hydrogen-bond donors (Lipinski definition) is 1. The third kappa shape index (κ3) is 5.98. The molecule has 10 nitrogen and oxygen atoms in total. The van der Waals surface area contributed by atoms with Gasteiger partial charge >= 0.3 is 6.03 Å². The van der Waals surface area contributed by atoms with E-state index in [0.29, 0.717) is 10.8 Å². The second kappa shape index (κ2) is 10.2. The Kier molecular flexibility index (Phi) is 6.93.